The summed E-state index contributed by atoms with van der Waals surface area (Å²) in [6.07, 6.45) is 16.7. The van der Waals surface area contributed by atoms with Crippen molar-refractivity contribution in [2.75, 3.05) is 7.11 Å². The van der Waals surface area contributed by atoms with Crippen LogP contribution in [0.4, 0.5) is 0 Å². The topological polar surface area (TPSA) is 9.23 Å². The molecule has 0 spiro atoms. The maximum Gasteiger partial charge on any atom is 0.121 e. The SMILES string of the molecule is C=C/C=C(\C=C/C)C1(C(/C=C\C)=C/C=C)c2ccccc2-c2c(-c3ccc(-c4ccc(OC)c(C)c4)cc3)cccc21. The lowest BCUT2D eigenvalue weighted by atomic mass is 9.66. The van der Waals surface area contributed by atoms with E-state index in [-0.39, 0.29) is 0 Å². The Balaban J connectivity index is 1.78. The number of methoxy groups -OCH3 is 1. The molecule has 0 atom stereocenters. The van der Waals surface area contributed by atoms with Gasteiger partial charge in [-0.15, -0.1) is 0 Å². The van der Waals surface area contributed by atoms with E-state index in [0.29, 0.717) is 0 Å². The molecule has 4 aromatic rings. The van der Waals surface area contributed by atoms with Gasteiger partial charge in [-0.25, -0.2) is 0 Å². The summed E-state index contributed by atoms with van der Waals surface area (Å²) in [6, 6.07) is 30.8. The van der Waals surface area contributed by atoms with Gasteiger partial charge in [0.05, 0.1) is 12.5 Å². The molecule has 1 aliphatic carbocycles. The Morgan fingerprint density at radius 1 is 0.667 bits per heavy atom. The van der Waals surface area contributed by atoms with Crippen molar-refractivity contribution in [3.8, 4) is 39.1 Å². The molecule has 0 N–H and O–H groups in total. The van der Waals surface area contributed by atoms with Crippen LogP contribution in [-0.4, -0.2) is 7.11 Å². The van der Waals surface area contributed by atoms with Gasteiger partial charge in [-0.05, 0) is 94.1 Å². The number of hydrogen-bond acceptors (Lipinski definition) is 1. The third-order valence-corrected chi connectivity index (χ3v) is 8.15. The Morgan fingerprint density at radius 2 is 1.24 bits per heavy atom. The second-order valence-corrected chi connectivity index (χ2v) is 10.5. The van der Waals surface area contributed by atoms with E-state index in [0.717, 1.165) is 11.3 Å². The Hall–Kier alpha value is -4.88. The second-order valence-electron chi connectivity index (χ2n) is 10.5. The zero-order valence-corrected chi connectivity index (χ0v) is 25.0. The van der Waals surface area contributed by atoms with Crippen molar-refractivity contribution < 1.29 is 4.74 Å². The summed E-state index contributed by atoms with van der Waals surface area (Å²) in [6.45, 7) is 14.4. The van der Waals surface area contributed by atoms with Crippen molar-refractivity contribution in [3.63, 3.8) is 0 Å². The average molecular weight is 547 g/mol. The maximum atomic E-state index is 5.47. The standard InChI is InChI=1S/C41H38O/c1-7-14-33(15-8-2)41(34(16-9-3)17-10-4)37-20-12-11-18-36(37)40-35(19-13-21-38(40)41)31-24-22-30(23-25-31)32-26-27-39(42-6)29(5)28-32/h7-28H,1,3H2,2,4-6H3/b15-8-,17-10-,33-14+,34-16+. The monoisotopic (exact) mass is 546 g/mol. The zero-order valence-electron chi connectivity index (χ0n) is 25.0. The third-order valence-electron chi connectivity index (χ3n) is 8.15. The first-order valence-corrected chi connectivity index (χ1v) is 14.5. The van der Waals surface area contributed by atoms with Gasteiger partial charge in [0.2, 0.25) is 0 Å². The normalized spacial score (nSPS) is 16.5. The number of aryl methyl sites for hydroxylation is 1. The highest BCUT2D eigenvalue weighted by molar-refractivity contribution is 5.96. The van der Waals surface area contributed by atoms with Crippen LogP contribution in [-0.2, 0) is 5.41 Å². The van der Waals surface area contributed by atoms with Crippen LogP contribution in [0.25, 0.3) is 33.4 Å². The Kier molecular flexibility index (Phi) is 8.41. The fourth-order valence-electron chi connectivity index (χ4n) is 6.48. The van der Waals surface area contributed by atoms with E-state index in [1.807, 2.05) is 18.2 Å². The van der Waals surface area contributed by atoms with Crippen LogP contribution in [0, 0.1) is 6.92 Å². The Bertz CT molecular complexity index is 1720. The van der Waals surface area contributed by atoms with Crippen molar-refractivity contribution in [2.24, 2.45) is 0 Å². The van der Waals surface area contributed by atoms with Crippen molar-refractivity contribution in [1.29, 1.82) is 0 Å². The zero-order chi connectivity index (χ0) is 29.7. The van der Waals surface area contributed by atoms with Crippen LogP contribution in [0.5, 0.6) is 5.75 Å². The minimum atomic E-state index is -0.524. The molecule has 1 nitrogen and oxygen atoms in total. The number of benzene rings is 4. The first-order valence-electron chi connectivity index (χ1n) is 14.5. The molecule has 0 saturated carbocycles. The smallest absolute Gasteiger partial charge is 0.121 e. The summed E-state index contributed by atoms with van der Waals surface area (Å²) in [5, 5.41) is 0. The minimum absolute atomic E-state index is 0.524. The van der Waals surface area contributed by atoms with Gasteiger partial charge < -0.3 is 4.74 Å². The summed E-state index contributed by atoms with van der Waals surface area (Å²) < 4.78 is 5.47. The molecule has 0 fully saturated rings. The van der Waals surface area contributed by atoms with Crippen LogP contribution in [0.1, 0.15) is 30.5 Å². The number of fused-ring (bicyclic) bond motifs is 3. The van der Waals surface area contributed by atoms with Crippen LogP contribution in [0.3, 0.4) is 0 Å². The highest BCUT2D eigenvalue weighted by Gasteiger charge is 2.47. The second kappa shape index (κ2) is 12.3. The predicted molar refractivity (Wildman–Crippen MR) is 181 cm³/mol. The molecule has 0 aliphatic heterocycles. The maximum absolute atomic E-state index is 5.47. The lowest BCUT2D eigenvalue weighted by Gasteiger charge is -2.35. The van der Waals surface area contributed by atoms with Gasteiger partial charge in [0.15, 0.2) is 0 Å². The molecule has 1 heteroatoms. The van der Waals surface area contributed by atoms with Crippen LogP contribution in [0.2, 0.25) is 0 Å². The van der Waals surface area contributed by atoms with Gasteiger partial charge in [0.25, 0.3) is 0 Å². The lowest BCUT2D eigenvalue weighted by molar-refractivity contribution is 0.412. The van der Waals surface area contributed by atoms with Crippen LogP contribution < -0.4 is 4.74 Å². The van der Waals surface area contributed by atoms with Crippen molar-refractivity contribution >= 4 is 0 Å². The molecular weight excluding hydrogens is 508 g/mol. The molecule has 4 aromatic carbocycles. The van der Waals surface area contributed by atoms with E-state index in [4.69, 9.17) is 4.74 Å². The number of hydrogen-bond donors (Lipinski definition) is 0. The van der Waals surface area contributed by atoms with E-state index >= 15 is 0 Å². The lowest BCUT2D eigenvalue weighted by Crippen LogP contribution is -2.29. The molecular formula is C41H38O. The highest BCUT2D eigenvalue weighted by atomic mass is 16.5. The molecule has 5 rings (SSSR count). The van der Waals surface area contributed by atoms with Gasteiger partial charge in [0, 0.05) is 0 Å². The van der Waals surface area contributed by atoms with Gasteiger partial charge in [-0.3, -0.25) is 0 Å². The summed E-state index contributed by atoms with van der Waals surface area (Å²) in [5.41, 5.74) is 12.7. The summed E-state index contributed by atoms with van der Waals surface area (Å²) in [7, 11) is 1.71. The fraction of sp³-hybridized carbons (Fsp3) is 0.122. The van der Waals surface area contributed by atoms with E-state index < -0.39 is 5.41 Å². The van der Waals surface area contributed by atoms with Gasteiger partial charge >= 0.3 is 0 Å². The van der Waals surface area contributed by atoms with Crippen molar-refractivity contribution in [3.05, 3.63) is 175 Å². The fourth-order valence-corrected chi connectivity index (χ4v) is 6.48. The van der Waals surface area contributed by atoms with E-state index in [1.165, 1.54) is 55.7 Å². The number of rotatable bonds is 9. The van der Waals surface area contributed by atoms with E-state index in [1.54, 1.807) is 7.11 Å². The largest absolute Gasteiger partial charge is 0.496 e. The molecule has 42 heavy (non-hydrogen) atoms. The highest BCUT2D eigenvalue weighted by Crippen LogP contribution is 2.59. The molecule has 0 unspecified atom stereocenters. The average Bonchev–Trinajstić information content (AvgIpc) is 3.32. The van der Waals surface area contributed by atoms with Crippen LogP contribution >= 0.6 is 0 Å². The molecule has 1 aliphatic rings. The minimum Gasteiger partial charge on any atom is -0.496 e. The van der Waals surface area contributed by atoms with Gasteiger partial charge in [0.1, 0.15) is 5.75 Å². The molecule has 0 saturated heterocycles. The predicted octanol–water partition coefficient (Wildman–Crippen LogP) is 11.0. The van der Waals surface area contributed by atoms with Gasteiger partial charge in [-0.1, -0.05) is 135 Å². The number of ether oxygens (including phenoxy) is 1. The first kappa shape index (κ1) is 28.6. The molecule has 0 heterocycles. The third kappa shape index (κ3) is 4.72. The van der Waals surface area contributed by atoms with Gasteiger partial charge in [-0.2, -0.15) is 0 Å². The van der Waals surface area contributed by atoms with Crippen LogP contribution in [0.15, 0.2) is 158 Å². The van der Waals surface area contributed by atoms with E-state index in [9.17, 15) is 0 Å². The number of allylic oxidation sites excluding steroid dienone is 10. The summed E-state index contributed by atoms with van der Waals surface area (Å²) in [4.78, 5) is 0. The summed E-state index contributed by atoms with van der Waals surface area (Å²) in [5.74, 6) is 0.906. The Morgan fingerprint density at radius 3 is 1.83 bits per heavy atom. The molecule has 0 amide bonds. The Labute approximate surface area is 251 Å². The summed E-state index contributed by atoms with van der Waals surface area (Å²) >= 11 is 0. The molecule has 0 bridgehead atoms. The molecule has 208 valence electrons. The van der Waals surface area contributed by atoms with Crippen molar-refractivity contribution in [1.82, 2.24) is 0 Å². The molecule has 0 radical (unpaired) electrons. The van der Waals surface area contributed by atoms with E-state index in [2.05, 4.69) is 149 Å². The van der Waals surface area contributed by atoms with Crippen molar-refractivity contribution in [2.45, 2.75) is 26.2 Å². The first-order chi connectivity index (χ1) is 20.5. The quantitative estimate of drug-likeness (QED) is 0.190. The molecule has 0 aromatic heterocycles.